The Hall–Kier alpha value is -1.76. The number of hydrogen-bond donors (Lipinski definition) is 3. The van der Waals surface area contributed by atoms with E-state index >= 15 is 0 Å². The highest BCUT2D eigenvalue weighted by atomic mass is 32.2. The van der Waals surface area contributed by atoms with Gasteiger partial charge in [0.2, 0.25) is 0 Å². The van der Waals surface area contributed by atoms with Gasteiger partial charge in [0.25, 0.3) is 5.91 Å². The number of hydrogen-bond acceptors (Lipinski definition) is 4. The maximum absolute atomic E-state index is 12.8. The third-order valence-electron chi connectivity index (χ3n) is 2.99. The number of halogens is 1. The van der Waals surface area contributed by atoms with Gasteiger partial charge in [-0.1, -0.05) is 0 Å². The number of benzene rings is 1. The molecule has 0 radical (unpaired) electrons. The molecule has 3 N–H and O–H groups in total. The van der Waals surface area contributed by atoms with Gasteiger partial charge in [0, 0.05) is 11.8 Å². The highest BCUT2D eigenvalue weighted by Crippen LogP contribution is 2.29. The molecule has 0 aliphatic carbocycles. The highest BCUT2D eigenvalue weighted by molar-refractivity contribution is 7.99. The summed E-state index contributed by atoms with van der Waals surface area (Å²) in [6, 6.07) is 2.97. The summed E-state index contributed by atoms with van der Waals surface area (Å²) in [6.45, 7) is 0. The number of carbonyl (C=O) groups is 2. The SMILES string of the molecule is O=C(NC1(C(=O)O)CCSC1)c1ccc(F)cc1O. The average Bonchev–Trinajstić information content (AvgIpc) is 2.78. The molecular formula is C12H12FNO4S. The molecule has 2 rings (SSSR count). The number of aliphatic carboxylic acids is 1. The summed E-state index contributed by atoms with van der Waals surface area (Å²) in [5, 5.41) is 21.2. The number of aromatic hydroxyl groups is 1. The van der Waals surface area contributed by atoms with E-state index < -0.39 is 29.0 Å². The number of phenols is 1. The Kier molecular flexibility index (Phi) is 3.66. The predicted octanol–water partition coefficient (Wildman–Crippen LogP) is 1.22. The predicted molar refractivity (Wildman–Crippen MR) is 67.8 cm³/mol. The van der Waals surface area contributed by atoms with Crippen LogP contribution in [-0.4, -0.2) is 39.1 Å². The maximum Gasteiger partial charge on any atom is 0.330 e. The Labute approximate surface area is 112 Å². The van der Waals surface area contributed by atoms with Crippen LogP contribution in [0.4, 0.5) is 4.39 Å². The Morgan fingerprint density at radius 1 is 1.42 bits per heavy atom. The van der Waals surface area contributed by atoms with E-state index in [1.54, 1.807) is 0 Å². The number of carboxylic acids is 1. The number of amides is 1. The third kappa shape index (κ3) is 2.65. The van der Waals surface area contributed by atoms with E-state index in [4.69, 9.17) is 0 Å². The third-order valence-corrected chi connectivity index (χ3v) is 4.18. The van der Waals surface area contributed by atoms with Gasteiger partial charge in [-0.2, -0.15) is 11.8 Å². The van der Waals surface area contributed by atoms with E-state index in [0.717, 1.165) is 18.2 Å². The summed E-state index contributed by atoms with van der Waals surface area (Å²) < 4.78 is 12.8. The topological polar surface area (TPSA) is 86.6 Å². The first-order valence-corrected chi connectivity index (χ1v) is 6.72. The van der Waals surface area contributed by atoms with Gasteiger partial charge < -0.3 is 15.5 Å². The van der Waals surface area contributed by atoms with Crippen molar-refractivity contribution in [3.8, 4) is 5.75 Å². The normalized spacial score (nSPS) is 22.2. The van der Waals surface area contributed by atoms with Crippen molar-refractivity contribution in [3.63, 3.8) is 0 Å². The van der Waals surface area contributed by atoms with Gasteiger partial charge in [0.15, 0.2) is 0 Å². The average molecular weight is 285 g/mol. The van der Waals surface area contributed by atoms with E-state index in [9.17, 15) is 24.2 Å². The Balaban J connectivity index is 2.22. The Morgan fingerprint density at radius 2 is 2.16 bits per heavy atom. The smallest absolute Gasteiger partial charge is 0.330 e. The Morgan fingerprint density at radius 3 is 2.68 bits per heavy atom. The first-order chi connectivity index (χ1) is 8.94. The van der Waals surface area contributed by atoms with Crippen molar-refractivity contribution in [1.29, 1.82) is 0 Å². The molecule has 19 heavy (non-hydrogen) atoms. The molecular weight excluding hydrogens is 273 g/mol. The second kappa shape index (κ2) is 5.08. The fraction of sp³-hybridized carbons (Fsp3) is 0.333. The van der Waals surface area contributed by atoms with Crippen LogP contribution in [0.5, 0.6) is 5.75 Å². The minimum atomic E-state index is -1.32. The molecule has 5 nitrogen and oxygen atoms in total. The van der Waals surface area contributed by atoms with Crippen LogP contribution in [0.1, 0.15) is 16.8 Å². The van der Waals surface area contributed by atoms with Gasteiger partial charge in [-0.3, -0.25) is 4.79 Å². The second-order valence-electron chi connectivity index (χ2n) is 4.31. The number of carbonyl (C=O) groups excluding carboxylic acids is 1. The molecule has 1 unspecified atom stereocenters. The van der Waals surface area contributed by atoms with E-state index in [1.807, 2.05) is 0 Å². The molecule has 1 heterocycles. The molecule has 0 saturated carbocycles. The molecule has 1 aromatic rings. The summed E-state index contributed by atoms with van der Waals surface area (Å²) >= 11 is 1.44. The fourth-order valence-corrected chi connectivity index (χ4v) is 3.19. The van der Waals surface area contributed by atoms with Crippen LogP contribution in [0, 0.1) is 5.82 Å². The summed E-state index contributed by atoms with van der Waals surface area (Å²) in [5.41, 5.74) is -1.46. The zero-order chi connectivity index (χ0) is 14.0. The lowest BCUT2D eigenvalue weighted by Gasteiger charge is -2.24. The lowest BCUT2D eigenvalue weighted by molar-refractivity contribution is -0.143. The standard InChI is InChI=1S/C12H12FNO4S/c13-7-1-2-8(9(15)5-7)10(16)14-12(11(17)18)3-4-19-6-12/h1-2,5,15H,3-4,6H2,(H,14,16)(H,17,18). The van der Waals surface area contributed by atoms with Gasteiger partial charge >= 0.3 is 5.97 Å². The van der Waals surface area contributed by atoms with Crippen molar-refractivity contribution in [3.05, 3.63) is 29.6 Å². The van der Waals surface area contributed by atoms with E-state index in [-0.39, 0.29) is 11.3 Å². The van der Waals surface area contributed by atoms with E-state index in [2.05, 4.69) is 5.32 Å². The highest BCUT2D eigenvalue weighted by Gasteiger charge is 2.43. The van der Waals surface area contributed by atoms with E-state index in [0.29, 0.717) is 12.2 Å². The van der Waals surface area contributed by atoms with Gasteiger partial charge in [-0.05, 0) is 24.3 Å². The fourth-order valence-electron chi connectivity index (χ4n) is 1.87. The quantitative estimate of drug-likeness (QED) is 0.777. The first-order valence-electron chi connectivity index (χ1n) is 5.57. The van der Waals surface area contributed by atoms with Crippen LogP contribution in [0.2, 0.25) is 0 Å². The zero-order valence-corrected chi connectivity index (χ0v) is 10.7. The van der Waals surface area contributed by atoms with Crippen molar-refractivity contribution in [2.45, 2.75) is 12.0 Å². The van der Waals surface area contributed by atoms with Crippen molar-refractivity contribution in [1.82, 2.24) is 5.32 Å². The van der Waals surface area contributed by atoms with Gasteiger partial charge in [-0.25, -0.2) is 9.18 Å². The first kappa shape index (κ1) is 13.7. The number of carboxylic acid groups (broad SMARTS) is 1. The minimum absolute atomic E-state index is 0.140. The lowest BCUT2D eigenvalue weighted by atomic mass is 9.98. The van der Waals surface area contributed by atoms with Gasteiger partial charge in [0.05, 0.1) is 5.56 Å². The molecule has 1 fully saturated rings. The molecule has 1 saturated heterocycles. The summed E-state index contributed by atoms with van der Waals surface area (Å²) in [7, 11) is 0. The van der Waals surface area contributed by atoms with Crippen LogP contribution < -0.4 is 5.32 Å². The molecule has 1 atom stereocenters. The number of phenolic OH excluding ortho intramolecular Hbond substituents is 1. The largest absolute Gasteiger partial charge is 0.507 e. The number of thioether (sulfide) groups is 1. The van der Waals surface area contributed by atoms with Crippen LogP contribution in [-0.2, 0) is 4.79 Å². The van der Waals surface area contributed by atoms with Gasteiger partial charge in [-0.15, -0.1) is 0 Å². The molecule has 0 bridgehead atoms. The molecule has 1 aliphatic heterocycles. The van der Waals surface area contributed by atoms with Crippen LogP contribution in [0.3, 0.4) is 0 Å². The maximum atomic E-state index is 12.8. The molecule has 1 aromatic carbocycles. The van der Waals surface area contributed by atoms with Gasteiger partial charge in [0.1, 0.15) is 17.1 Å². The number of nitrogens with one attached hydrogen (secondary N) is 1. The zero-order valence-electron chi connectivity index (χ0n) is 9.85. The van der Waals surface area contributed by atoms with Crippen molar-refractivity contribution < 1.29 is 24.2 Å². The summed E-state index contributed by atoms with van der Waals surface area (Å²) in [4.78, 5) is 23.3. The van der Waals surface area contributed by atoms with Crippen LogP contribution in [0.25, 0.3) is 0 Å². The molecule has 1 aliphatic rings. The molecule has 0 spiro atoms. The summed E-state index contributed by atoms with van der Waals surface area (Å²) in [6.07, 6.45) is 0.320. The van der Waals surface area contributed by atoms with Crippen LogP contribution >= 0.6 is 11.8 Å². The summed E-state index contributed by atoms with van der Waals surface area (Å²) in [5.74, 6) is -2.09. The lowest BCUT2D eigenvalue weighted by Crippen LogP contribution is -2.54. The Bertz CT molecular complexity index is 528. The minimum Gasteiger partial charge on any atom is -0.507 e. The van der Waals surface area contributed by atoms with Crippen molar-refractivity contribution in [2.24, 2.45) is 0 Å². The number of rotatable bonds is 3. The van der Waals surface area contributed by atoms with Crippen molar-refractivity contribution in [2.75, 3.05) is 11.5 Å². The second-order valence-corrected chi connectivity index (χ2v) is 5.41. The van der Waals surface area contributed by atoms with E-state index in [1.165, 1.54) is 11.8 Å². The van der Waals surface area contributed by atoms with Crippen molar-refractivity contribution >= 4 is 23.6 Å². The molecule has 0 aromatic heterocycles. The molecule has 7 heteroatoms. The van der Waals surface area contributed by atoms with Crippen LogP contribution in [0.15, 0.2) is 18.2 Å². The monoisotopic (exact) mass is 285 g/mol. The molecule has 102 valence electrons. The molecule has 1 amide bonds.